The van der Waals surface area contributed by atoms with E-state index in [2.05, 4.69) is 5.32 Å². The molecule has 1 aliphatic rings. The minimum absolute atomic E-state index is 0.185. The van der Waals surface area contributed by atoms with Gasteiger partial charge in [-0.2, -0.15) is 0 Å². The Morgan fingerprint density at radius 3 is 2.40 bits per heavy atom. The molecule has 3 rings (SSSR count). The molecule has 5 nitrogen and oxygen atoms in total. The molecule has 2 aromatic carbocycles. The topological polar surface area (TPSA) is 75.6 Å². The highest BCUT2D eigenvalue weighted by Gasteiger charge is 2.21. The third-order valence-electron chi connectivity index (χ3n) is 4.35. The smallest absolute Gasteiger partial charge is 0.336 e. The van der Waals surface area contributed by atoms with E-state index in [1.165, 1.54) is 18.9 Å². The Kier molecular flexibility index (Phi) is 4.74. The number of carbonyl (C=O) groups excluding carboxylic acids is 1. The number of carboxylic acid groups (broad SMARTS) is 1. The van der Waals surface area contributed by atoms with Gasteiger partial charge in [-0.05, 0) is 74.1 Å². The van der Waals surface area contributed by atoms with Gasteiger partial charge in [0.05, 0.1) is 12.2 Å². The van der Waals surface area contributed by atoms with Crippen molar-refractivity contribution in [2.75, 3.05) is 11.9 Å². The predicted octanol–water partition coefficient (Wildman–Crippen LogP) is 4.04. The van der Waals surface area contributed by atoms with Gasteiger partial charge in [-0.3, -0.25) is 4.79 Å². The SMILES string of the molecule is Cc1cc(C)c(C(=O)O)cc1NC(=O)c1ccc(OCC2CC2)cc1. The van der Waals surface area contributed by atoms with Crippen LogP contribution in [0.1, 0.15) is 44.7 Å². The highest BCUT2D eigenvalue weighted by atomic mass is 16.5. The molecule has 5 heteroatoms. The number of hydrogen-bond acceptors (Lipinski definition) is 3. The Morgan fingerprint density at radius 2 is 1.80 bits per heavy atom. The summed E-state index contributed by atoms with van der Waals surface area (Å²) in [5.74, 6) is 0.140. The third-order valence-corrected chi connectivity index (χ3v) is 4.35. The van der Waals surface area contributed by atoms with E-state index in [4.69, 9.17) is 4.74 Å². The summed E-state index contributed by atoms with van der Waals surface area (Å²) in [6.07, 6.45) is 2.46. The molecule has 0 spiro atoms. The third kappa shape index (κ3) is 4.18. The molecule has 25 heavy (non-hydrogen) atoms. The molecule has 0 unspecified atom stereocenters. The summed E-state index contributed by atoms with van der Waals surface area (Å²) in [7, 11) is 0. The number of carboxylic acids is 1. The zero-order valence-electron chi connectivity index (χ0n) is 14.3. The summed E-state index contributed by atoms with van der Waals surface area (Å²) >= 11 is 0. The van der Waals surface area contributed by atoms with E-state index >= 15 is 0 Å². The maximum atomic E-state index is 12.4. The van der Waals surface area contributed by atoms with Crippen LogP contribution in [0.3, 0.4) is 0 Å². The van der Waals surface area contributed by atoms with Crippen LogP contribution < -0.4 is 10.1 Å². The highest BCUT2D eigenvalue weighted by molar-refractivity contribution is 6.05. The van der Waals surface area contributed by atoms with E-state index in [-0.39, 0.29) is 11.5 Å². The maximum Gasteiger partial charge on any atom is 0.336 e. The quantitative estimate of drug-likeness (QED) is 0.833. The molecule has 0 aromatic heterocycles. The van der Waals surface area contributed by atoms with Gasteiger partial charge in [-0.25, -0.2) is 4.79 Å². The van der Waals surface area contributed by atoms with Crippen LogP contribution in [0.25, 0.3) is 0 Å². The largest absolute Gasteiger partial charge is 0.493 e. The number of aryl methyl sites for hydroxylation is 2. The van der Waals surface area contributed by atoms with E-state index in [0.29, 0.717) is 22.7 Å². The lowest BCUT2D eigenvalue weighted by atomic mass is 10.0. The van der Waals surface area contributed by atoms with Gasteiger partial charge in [0.1, 0.15) is 5.75 Å². The molecule has 0 atom stereocenters. The second-order valence-electron chi connectivity index (χ2n) is 6.52. The number of anilines is 1. The van der Waals surface area contributed by atoms with Crippen molar-refractivity contribution in [3.63, 3.8) is 0 Å². The molecule has 0 heterocycles. The van der Waals surface area contributed by atoms with Crippen LogP contribution in [0.2, 0.25) is 0 Å². The number of hydrogen-bond donors (Lipinski definition) is 2. The van der Waals surface area contributed by atoms with Gasteiger partial charge in [0.2, 0.25) is 0 Å². The van der Waals surface area contributed by atoms with Crippen molar-refractivity contribution in [2.45, 2.75) is 26.7 Å². The Morgan fingerprint density at radius 1 is 1.12 bits per heavy atom. The lowest BCUT2D eigenvalue weighted by Gasteiger charge is -2.12. The molecule has 1 saturated carbocycles. The fraction of sp³-hybridized carbons (Fsp3) is 0.300. The van der Waals surface area contributed by atoms with Crippen molar-refractivity contribution in [3.8, 4) is 5.75 Å². The molecule has 0 bridgehead atoms. The lowest BCUT2D eigenvalue weighted by molar-refractivity contribution is 0.0695. The zero-order valence-corrected chi connectivity index (χ0v) is 14.3. The number of amides is 1. The number of carbonyl (C=O) groups is 2. The van der Waals surface area contributed by atoms with Gasteiger partial charge >= 0.3 is 5.97 Å². The van der Waals surface area contributed by atoms with Crippen molar-refractivity contribution in [1.82, 2.24) is 0 Å². The summed E-state index contributed by atoms with van der Waals surface area (Å²) in [5.41, 5.74) is 2.67. The van der Waals surface area contributed by atoms with Gasteiger partial charge in [0.15, 0.2) is 0 Å². The average Bonchev–Trinajstić information content (AvgIpc) is 3.40. The molecule has 1 fully saturated rings. The number of nitrogens with one attached hydrogen (secondary N) is 1. The van der Waals surface area contributed by atoms with E-state index in [9.17, 15) is 14.7 Å². The number of aromatic carboxylic acids is 1. The minimum Gasteiger partial charge on any atom is -0.493 e. The van der Waals surface area contributed by atoms with Gasteiger partial charge in [0.25, 0.3) is 5.91 Å². The predicted molar refractivity (Wildman–Crippen MR) is 95.5 cm³/mol. The van der Waals surface area contributed by atoms with Crippen molar-refractivity contribution in [2.24, 2.45) is 5.92 Å². The molecule has 1 aliphatic carbocycles. The van der Waals surface area contributed by atoms with Crippen LogP contribution in [0.15, 0.2) is 36.4 Å². The van der Waals surface area contributed by atoms with Crippen LogP contribution in [0.5, 0.6) is 5.75 Å². The Hall–Kier alpha value is -2.82. The summed E-state index contributed by atoms with van der Waals surface area (Å²) in [5, 5.41) is 12.0. The van der Waals surface area contributed by atoms with Crippen LogP contribution >= 0.6 is 0 Å². The van der Waals surface area contributed by atoms with Crippen LogP contribution in [0, 0.1) is 19.8 Å². The first-order valence-electron chi connectivity index (χ1n) is 8.33. The van der Waals surface area contributed by atoms with E-state index in [1.54, 1.807) is 37.3 Å². The average molecular weight is 339 g/mol. The van der Waals surface area contributed by atoms with Crippen LogP contribution in [0.4, 0.5) is 5.69 Å². The fourth-order valence-corrected chi connectivity index (χ4v) is 2.61. The number of ether oxygens (including phenoxy) is 1. The van der Waals surface area contributed by atoms with Crippen molar-refractivity contribution >= 4 is 17.6 Å². The first-order valence-corrected chi connectivity index (χ1v) is 8.33. The number of benzene rings is 2. The second kappa shape index (κ2) is 6.97. The summed E-state index contributed by atoms with van der Waals surface area (Å²) in [6.45, 7) is 4.30. The van der Waals surface area contributed by atoms with Crippen LogP contribution in [-0.4, -0.2) is 23.6 Å². The number of rotatable bonds is 6. The van der Waals surface area contributed by atoms with Crippen molar-refractivity contribution < 1.29 is 19.4 Å². The summed E-state index contributed by atoms with van der Waals surface area (Å²) < 4.78 is 5.66. The Bertz CT molecular complexity index is 807. The minimum atomic E-state index is -1.01. The normalized spacial score (nSPS) is 13.4. The van der Waals surface area contributed by atoms with Gasteiger partial charge in [0, 0.05) is 11.3 Å². The lowest BCUT2D eigenvalue weighted by Crippen LogP contribution is -2.14. The first-order chi connectivity index (χ1) is 11.9. The first kappa shape index (κ1) is 17.0. The monoisotopic (exact) mass is 339 g/mol. The van der Waals surface area contributed by atoms with Gasteiger partial charge in [-0.1, -0.05) is 6.07 Å². The Balaban J connectivity index is 1.71. The molecular weight excluding hydrogens is 318 g/mol. The summed E-state index contributed by atoms with van der Waals surface area (Å²) in [6, 6.07) is 10.2. The molecule has 130 valence electrons. The molecule has 0 saturated heterocycles. The maximum absolute atomic E-state index is 12.4. The fourth-order valence-electron chi connectivity index (χ4n) is 2.61. The second-order valence-corrected chi connectivity index (χ2v) is 6.52. The van der Waals surface area contributed by atoms with E-state index < -0.39 is 5.97 Å². The van der Waals surface area contributed by atoms with Crippen LogP contribution in [-0.2, 0) is 0 Å². The molecule has 0 radical (unpaired) electrons. The van der Waals surface area contributed by atoms with Gasteiger partial charge < -0.3 is 15.2 Å². The van der Waals surface area contributed by atoms with E-state index in [0.717, 1.165) is 17.9 Å². The molecule has 2 aromatic rings. The molecule has 2 N–H and O–H groups in total. The molecule has 1 amide bonds. The molecular formula is C20H21NO4. The Labute approximate surface area is 146 Å². The zero-order chi connectivity index (χ0) is 18.0. The van der Waals surface area contributed by atoms with Crippen molar-refractivity contribution in [3.05, 3.63) is 58.7 Å². The van der Waals surface area contributed by atoms with Gasteiger partial charge in [-0.15, -0.1) is 0 Å². The summed E-state index contributed by atoms with van der Waals surface area (Å²) in [4.78, 5) is 23.7. The van der Waals surface area contributed by atoms with E-state index in [1.807, 2.05) is 6.92 Å². The standard InChI is InChI=1S/C20H21NO4/c1-12-9-13(2)18(10-17(12)20(23)24)21-19(22)15-5-7-16(8-6-15)25-11-14-3-4-14/h5-10,14H,3-4,11H2,1-2H3,(H,21,22)(H,23,24). The highest BCUT2D eigenvalue weighted by Crippen LogP contribution is 2.29. The van der Waals surface area contributed by atoms with Crippen molar-refractivity contribution in [1.29, 1.82) is 0 Å². The molecule has 0 aliphatic heterocycles.